The number of pyridine rings is 2. The van der Waals surface area contributed by atoms with Gasteiger partial charge in [0, 0.05) is 22.1 Å². The van der Waals surface area contributed by atoms with E-state index in [4.69, 9.17) is 38.4 Å². The van der Waals surface area contributed by atoms with Crippen molar-refractivity contribution >= 4 is 45.9 Å². The van der Waals surface area contributed by atoms with Gasteiger partial charge >= 0.3 is 0 Å². The maximum absolute atomic E-state index is 15.3. The summed E-state index contributed by atoms with van der Waals surface area (Å²) < 4.78 is 40.6. The third-order valence-corrected chi connectivity index (χ3v) is 8.43. The van der Waals surface area contributed by atoms with Crippen molar-refractivity contribution in [1.29, 1.82) is 0 Å². The predicted octanol–water partition coefficient (Wildman–Crippen LogP) is 5.65. The molecule has 13 heteroatoms. The van der Waals surface area contributed by atoms with Gasteiger partial charge in [-0.1, -0.05) is 23.2 Å². The number of primary amides is 1. The molecule has 0 saturated heterocycles. The molecule has 45 heavy (non-hydrogen) atoms. The van der Waals surface area contributed by atoms with Crippen LogP contribution in [0.15, 0.2) is 36.4 Å². The van der Waals surface area contributed by atoms with E-state index < -0.39 is 34.1 Å². The molecule has 1 aliphatic carbocycles. The first-order valence-corrected chi connectivity index (χ1v) is 14.9. The number of aromatic nitrogens is 2. The molecular formula is C32H30Cl2F2N4O5. The topological polar surface area (TPSA) is 137 Å². The number of fused-ring (bicyclic) bond motifs is 1. The van der Waals surface area contributed by atoms with Crippen molar-refractivity contribution in [3.8, 4) is 22.8 Å². The molecule has 9 nitrogen and oxygen atoms in total. The van der Waals surface area contributed by atoms with E-state index in [1.807, 2.05) is 0 Å². The van der Waals surface area contributed by atoms with Gasteiger partial charge in [0.25, 0.3) is 5.91 Å². The molecule has 5 rings (SSSR count). The molecule has 0 spiro atoms. The fourth-order valence-electron chi connectivity index (χ4n) is 5.25. The molecule has 2 amide bonds. The molecule has 0 unspecified atom stereocenters. The van der Waals surface area contributed by atoms with Gasteiger partial charge in [-0.25, -0.2) is 18.7 Å². The third-order valence-electron chi connectivity index (χ3n) is 7.70. The number of hydrogen-bond acceptors (Lipinski definition) is 7. The number of carbonyl (C=O) groups is 2. The largest absolute Gasteiger partial charge is 0.494 e. The molecule has 1 saturated carbocycles. The molecule has 1 atom stereocenters. The predicted molar refractivity (Wildman–Crippen MR) is 166 cm³/mol. The number of aryl methyl sites for hydroxylation is 1. The van der Waals surface area contributed by atoms with E-state index in [1.165, 1.54) is 19.2 Å². The smallest absolute Gasteiger partial charge is 0.251 e. The maximum atomic E-state index is 15.3. The van der Waals surface area contributed by atoms with Crippen LogP contribution < -0.4 is 20.5 Å². The minimum atomic E-state index is -1.75. The van der Waals surface area contributed by atoms with E-state index in [1.54, 1.807) is 26.0 Å². The Bertz CT molecular complexity index is 1840. The number of carbonyl (C=O) groups excluding carboxylic acids is 2. The van der Waals surface area contributed by atoms with Gasteiger partial charge in [-0.15, -0.1) is 0 Å². The van der Waals surface area contributed by atoms with E-state index >= 15 is 4.39 Å². The van der Waals surface area contributed by atoms with Crippen LogP contribution in [-0.2, 0) is 16.8 Å². The summed E-state index contributed by atoms with van der Waals surface area (Å²) in [7, 11) is 1.46. The van der Waals surface area contributed by atoms with Gasteiger partial charge in [0.2, 0.25) is 5.91 Å². The monoisotopic (exact) mass is 658 g/mol. The molecule has 2 heterocycles. The van der Waals surface area contributed by atoms with E-state index in [-0.39, 0.29) is 59.3 Å². The maximum Gasteiger partial charge on any atom is 0.251 e. The van der Waals surface area contributed by atoms with Crippen LogP contribution in [-0.4, -0.2) is 47.2 Å². The summed E-state index contributed by atoms with van der Waals surface area (Å²) in [4.78, 5) is 34.6. The number of ether oxygens (including phenoxy) is 2. The second kappa shape index (κ2) is 12.7. The molecule has 4 N–H and O–H groups in total. The second-order valence-electron chi connectivity index (χ2n) is 10.8. The highest BCUT2D eigenvalue weighted by atomic mass is 35.5. The van der Waals surface area contributed by atoms with Crippen molar-refractivity contribution in [2.24, 2.45) is 11.7 Å². The number of hydrogen-bond donors (Lipinski definition) is 3. The van der Waals surface area contributed by atoms with Crippen LogP contribution in [0.3, 0.4) is 0 Å². The number of nitrogens with two attached hydrogens (primary N) is 1. The lowest BCUT2D eigenvalue weighted by Gasteiger charge is -2.30. The summed E-state index contributed by atoms with van der Waals surface area (Å²) >= 11 is 12.2. The number of amides is 2. The van der Waals surface area contributed by atoms with Crippen molar-refractivity contribution in [1.82, 2.24) is 15.3 Å². The van der Waals surface area contributed by atoms with Crippen molar-refractivity contribution in [3.05, 3.63) is 80.6 Å². The van der Waals surface area contributed by atoms with Crippen LogP contribution in [0.5, 0.6) is 11.5 Å². The molecular weight excluding hydrogens is 629 g/mol. The molecule has 236 valence electrons. The van der Waals surface area contributed by atoms with Crippen molar-refractivity contribution in [2.45, 2.75) is 38.7 Å². The lowest BCUT2D eigenvalue weighted by molar-refractivity contribution is -0.117. The lowest BCUT2D eigenvalue weighted by atomic mass is 9.90. The Hall–Kier alpha value is -4.06. The Morgan fingerprint density at radius 3 is 2.53 bits per heavy atom. The average molecular weight is 660 g/mol. The van der Waals surface area contributed by atoms with Crippen LogP contribution in [0, 0.1) is 24.5 Å². The quantitative estimate of drug-likeness (QED) is 0.177. The second-order valence-corrected chi connectivity index (χ2v) is 11.6. The van der Waals surface area contributed by atoms with Gasteiger partial charge < -0.3 is 25.6 Å². The van der Waals surface area contributed by atoms with Gasteiger partial charge in [0.1, 0.15) is 39.2 Å². The first-order chi connectivity index (χ1) is 21.4. The number of aliphatic hydroxyl groups is 1. The van der Waals surface area contributed by atoms with E-state index in [9.17, 15) is 19.1 Å². The van der Waals surface area contributed by atoms with Crippen LogP contribution in [0.25, 0.3) is 22.2 Å². The molecule has 0 aliphatic heterocycles. The molecule has 1 fully saturated rings. The number of halogens is 4. The highest BCUT2D eigenvalue weighted by Gasteiger charge is 2.47. The number of nitrogens with zero attached hydrogens (tertiary/aromatic N) is 2. The summed E-state index contributed by atoms with van der Waals surface area (Å²) in [6.45, 7) is 3.28. The summed E-state index contributed by atoms with van der Waals surface area (Å²) in [5.74, 6) is -3.22. The number of methoxy groups -OCH3 is 1. The fraction of sp³-hybridized carbons (Fsp3) is 0.312. The fourth-order valence-corrected chi connectivity index (χ4v) is 5.58. The lowest BCUT2D eigenvalue weighted by Crippen LogP contribution is -2.43. The van der Waals surface area contributed by atoms with E-state index in [2.05, 4.69) is 15.3 Å². The van der Waals surface area contributed by atoms with Gasteiger partial charge in [-0.05, 0) is 69.0 Å². The number of benzene rings is 2. The van der Waals surface area contributed by atoms with E-state index in [0.717, 1.165) is 12.1 Å². The van der Waals surface area contributed by atoms with Crippen LogP contribution in [0.4, 0.5) is 8.78 Å². The van der Waals surface area contributed by atoms with Gasteiger partial charge in [0.15, 0.2) is 5.82 Å². The summed E-state index contributed by atoms with van der Waals surface area (Å²) in [6.07, 6.45) is 0.909. The van der Waals surface area contributed by atoms with Gasteiger partial charge in [0.05, 0.1) is 43.1 Å². The highest BCUT2D eigenvalue weighted by molar-refractivity contribution is 6.32. The zero-order chi connectivity index (χ0) is 32.6. The summed E-state index contributed by atoms with van der Waals surface area (Å²) in [5, 5.41) is 15.2. The number of nitrogens with one attached hydrogen (secondary N) is 1. The minimum absolute atomic E-state index is 0.0366. The SMILES string of the molecule is CCOc1c(CC(N)=O)cc([C@@](O)(CNC(=O)c2cc(OC)c3nc(C)c(Cl)cc3c2)C2CC2)nc1-c1ccc(F)c(Cl)c1F. The molecule has 2 aromatic carbocycles. The first kappa shape index (κ1) is 32.3. The van der Waals surface area contributed by atoms with Crippen LogP contribution in [0.2, 0.25) is 10.0 Å². The first-order valence-electron chi connectivity index (χ1n) is 14.1. The summed E-state index contributed by atoms with van der Waals surface area (Å²) in [6, 6.07) is 8.42. The highest BCUT2D eigenvalue weighted by Crippen LogP contribution is 2.47. The Morgan fingerprint density at radius 2 is 1.89 bits per heavy atom. The van der Waals surface area contributed by atoms with Crippen molar-refractivity contribution in [3.63, 3.8) is 0 Å². The van der Waals surface area contributed by atoms with Crippen LogP contribution >= 0.6 is 23.2 Å². The zero-order valence-corrected chi connectivity index (χ0v) is 26.2. The minimum Gasteiger partial charge on any atom is -0.494 e. The third kappa shape index (κ3) is 6.38. The molecule has 4 aromatic rings. The normalized spacial score (nSPS) is 14.2. The van der Waals surface area contributed by atoms with E-state index in [0.29, 0.717) is 40.2 Å². The molecule has 0 radical (unpaired) electrons. The van der Waals surface area contributed by atoms with Crippen LogP contribution in [0.1, 0.15) is 47.1 Å². The van der Waals surface area contributed by atoms with Gasteiger partial charge in [-0.3, -0.25) is 9.59 Å². The van der Waals surface area contributed by atoms with Crippen molar-refractivity contribution in [2.75, 3.05) is 20.3 Å². The summed E-state index contributed by atoms with van der Waals surface area (Å²) in [5.41, 5.74) is 5.12. The molecule has 2 aromatic heterocycles. The standard InChI is InChI=1S/C32H30Cl2F2N4O5/c1-4-45-30-17(13-25(37)41)12-24(40-29(30)20-7-8-22(35)26(34)27(20)36)32(43,19-5-6-19)14-38-31(42)18-9-16-10-21(33)15(2)39-28(16)23(11-18)44-3/h7-12,19,43H,4-6,13-14H2,1-3H3,(H2,37,41)(H,38,42)/t32-/m1/s1. The number of rotatable bonds is 11. The Balaban J connectivity index is 1.57. The molecule has 1 aliphatic rings. The van der Waals surface area contributed by atoms with Gasteiger partial charge in [-0.2, -0.15) is 0 Å². The zero-order valence-electron chi connectivity index (χ0n) is 24.6. The Kier molecular flexibility index (Phi) is 9.16. The Labute approximate surface area is 267 Å². The average Bonchev–Trinajstić information content (AvgIpc) is 3.86. The van der Waals surface area contributed by atoms with Crippen molar-refractivity contribution < 1.29 is 33.0 Å². The Morgan fingerprint density at radius 1 is 1.16 bits per heavy atom. The molecule has 0 bridgehead atoms.